The Morgan fingerprint density at radius 3 is 2.88 bits per heavy atom. The van der Waals surface area contributed by atoms with Gasteiger partial charge in [0.05, 0.1) is 6.04 Å². The number of rotatable bonds is 2. The minimum absolute atomic E-state index is 0.0296. The topological polar surface area (TPSA) is 71.3 Å². The van der Waals surface area contributed by atoms with E-state index in [4.69, 9.17) is 4.42 Å². The van der Waals surface area contributed by atoms with Gasteiger partial charge in [0.1, 0.15) is 11.5 Å². The number of fused-ring (bicyclic) bond motifs is 2. The molecule has 0 spiro atoms. The smallest absolute Gasteiger partial charge is 0.251 e. The normalized spacial score (nSPS) is 20.7. The molecule has 1 aliphatic heterocycles. The van der Waals surface area contributed by atoms with Gasteiger partial charge in [-0.15, -0.1) is 0 Å². The van der Waals surface area contributed by atoms with Crippen LogP contribution in [0, 0.1) is 12.3 Å². The van der Waals surface area contributed by atoms with Crippen molar-refractivity contribution in [2.75, 3.05) is 5.32 Å². The van der Waals surface area contributed by atoms with Gasteiger partial charge >= 0.3 is 0 Å². The van der Waals surface area contributed by atoms with E-state index in [1.807, 2.05) is 25.1 Å². The Bertz CT molecular complexity index is 895. The molecule has 2 N–H and O–H groups in total. The molecule has 1 atom stereocenters. The fourth-order valence-corrected chi connectivity index (χ4v) is 4.08. The Morgan fingerprint density at radius 2 is 2.08 bits per heavy atom. The quantitative estimate of drug-likeness (QED) is 0.861. The van der Waals surface area contributed by atoms with E-state index < -0.39 is 0 Å². The highest BCUT2D eigenvalue weighted by atomic mass is 16.3. The minimum Gasteiger partial charge on any atom is -0.466 e. The summed E-state index contributed by atoms with van der Waals surface area (Å²) in [5.74, 6) is 1.81. The maximum absolute atomic E-state index is 12.9. The number of benzene rings is 1. The third kappa shape index (κ3) is 3.14. The van der Waals surface area contributed by atoms with Gasteiger partial charge in [-0.2, -0.15) is 0 Å². The Balaban J connectivity index is 1.57. The molecule has 2 amide bonds. The molecule has 0 saturated heterocycles. The van der Waals surface area contributed by atoms with Crippen LogP contribution >= 0.6 is 0 Å². The maximum atomic E-state index is 12.9. The number of hydrogen-bond donors (Lipinski definition) is 2. The predicted octanol–water partition coefficient (Wildman–Crippen LogP) is 3.92. The lowest BCUT2D eigenvalue weighted by atomic mass is 9.74. The molecule has 0 radical (unpaired) electrons. The summed E-state index contributed by atoms with van der Waals surface area (Å²) in [6.07, 6.45) is 2.91. The number of furan rings is 1. The van der Waals surface area contributed by atoms with Crippen LogP contribution in [0.4, 0.5) is 5.69 Å². The molecule has 2 aliphatic rings. The van der Waals surface area contributed by atoms with Crippen LogP contribution in [0.3, 0.4) is 0 Å². The second-order valence-corrected chi connectivity index (χ2v) is 8.23. The van der Waals surface area contributed by atoms with Gasteiger partial charge < -0.3 is 15.1 Å². The molecule has 1 aliphatic carbocycles. The highest BCUT2D eigenvalue weighted by Gasteiger charge is 2.35. The van der Waals surface area contributed by atoms with Crippen molar-refractivity contribution < 1.29 is 14.0 Å². The van der Waals surface area contributed by atoms with Crippen LogP contribution in [-0.4, -0.2) is 11.8 Å². The van der Waals surface area contributed by atoms with Crippen molar-refractivity contribution in [3.05, 3.63) is 52.5 Å². The van der Waals surface area contributed by atoms with Gasteiger partial charge in [-0.25, -0.2) is 0 Å². The lowest BCUT2D eigenvalue weighted by Crippen LogP contribution is -2.36. The highest BCUT2D eigenvalue weighted by molar-refractivity contribution is 5.98. The number of aryl methyl sites for hydroxylation is 2. The molecule has 136 valence electrons. The zero-order valence-electron chi connectivity index (χ0n) is 15.4. The first-order valence-corrected chi connectivity index (χ1v) is 9.14. The molecule has 0 unspecified atom stereocenters. The van der Waals surface area contributed by atoms with Gasteiger partial charge in [-0.05, 0) is 55.0 Å². The molecule has 5 heteroatoms. The lowest BCUT2D eigenvalue weighted by molar-refractivity contribution is -0.116. The molecular weight excluding hydrogens is 328 g/mol. The lowest BCUT2D eigenvalue weighted by Gasteiger charge is -2.34. The van der Waals surface area contributed by atoms with Crippen LogP contribution in [0.1, 0.15) is 65.7 Å². The molecule has 2 heterocycles. The van der Waals surface area contributed by atoms with Gasteiger partial charge in [0.15, 0.2) is 0 Å². The fraction of sp³-hybridized carbons (Fsp3) is 0.429. The summed E-state index contributed by atoms with van der Waals surface area (Å²) in [6, 6.07) is 7.47. The number of carbonyl (C=O) groups is 2. The van der Waals surface area contributed by atoms with Crippen molar-refractivity contribution in [2.24, 2.45) is 5.41 Å². The zero-order chi connectivity index (χ0) is 18.5. The van der Waals surface area contributed by atoms with E-state index in [0.717, 1.165) is 41.2 Å². The second kappa shape index (κ2) is 6.01. The molecule has 0 saturated carbocycles. The predicted molar refractivity (Wildman–Crippen MR) is 99.1 cm³/mol. The van der Waals surface area contributed by atoms with Crippen LogP contribution in [0.25, 0.3) is 0 Å². The fourth-order valence-electron chi connectivity index (χ4n) is 4.08. The summed E-state index contributed by atoms with van der Waals surface area (Å²) in [5.41, 5.74) is 3.63. The average molecular weight is 352 g/mol. The van der Waals surface area contributed by atoms with Gasteiger partial charge in [0, 0.05) is 29.7 Å². The number of amides is 2. The summed E-state index contributed by atoms with van der Waals surface area (Å²) in [5, 5.41) is 6.04. The maximum Gasteiger partial charge on any atom is 0.251 e. The van der Waals surface area contributed by atoms with E-state index in [-0.39, 0.29) is 23.3 Å². The number of anilines is 1. The summed E-state index contributed by atoms with van der Waals surface area (Å²) >= 11 is 0. The second-order valence-electron chi connectivity index (χ2n) is 8.23. The monoisotopic (exact) mass is 352 g/mol. The van der Waals surface area contributed by atoms with Crippen LogP contribution < -0.4 is 10.6 Å². The van der Waals surface area contributed by atoms with E-state index in [1.165, 1.54) is 0 Å². The molecule has 26 heavy (non-hydrogen) atoms. The molecule has 5 nitrogen and oxygen atoms in total. The van der Waals surface area contributed by atoms with Crippen LogP contribution in [-0.2, 0) is 17.6 Å². The SMILES string of the molecule is Cc1cc2c(o1)CC(C)(C)C[C@@H]2NC(=O)c1ccc2c(c1)CCC(=O)N2. The Hall–Kier alpha value is -2.56. The molecule has 1 aromatic heterocycles. The largest absolute Gasteiger partial charge is 0.466 e. The molecule has 1 aromatic carbocycles. The van der Waals surface area contributed by atoms with Gasteiger partial charge in [0.2, 0.25) is 5.91 Å². The molecule has 0 bridgehead atoms. The van der Waals surface area contributed by atoms with Crippen LogP contribution in [0.15, 0.2) is 28.7 Å². The Morgan fingerprint density at radius 1 is 1.27 bits per heavy atom. The van der Waals surface area contributed by atoms with Crippen molar-refractivity contribution in [2.45, 2.75) is 52.5 Å². The van der Waals surface area contributed by atoms with Crippen molar-refractivity contribution in [3.8, 4) is 0 Å². The first-order chi connectivity index (χ1) is 12.3. The average Bonchev–Trinajstić information content (AvgIpc) is 2.93. The Labute approximate surface area is 153 Å². The first kappa shape index (κ1) is 16.9. The zero-order valence-corrected chi connectivity index (χ0v) is 15.4. The number of nitrogens with one attached hydrogen (secondary N) is 2. The summed E-state index contributed by atoms with van der Waals surface area (Å²) in [6.45, 7) is 6.35. The molecule has 2 aromatic rings. The van der Waals surface area contributed by atoms with Crippen molar-refractivity contribution >= 4 is 17.5 Å². The van der Waals surface area contributed by atoms with E-state index in [2.05, 4.69) is 24.5 Å². The summed E-state index contributed by atoms with van der Waals surface area (Å²) < 4.78 is 5.85. The molecule has 4 rings (SSSR count). The highest BCUT2D eigenvalue weighted by Crippen LogP contribution is 2.42. The van der Waals surface area contributed by atoms with Crippen LogP contribution in [0.5, 0.6) is 0 Å². The van der Waals surface area contributed by atoms with E-state index >= 15 is 0 Å². The Kier molecular flexibility index (Phi) is 3.90. The van der Waals surface area contributed by atoms with Gasteiger partial charge in [0.25, 0.3) is 5.91 Å². The standard InChI is InChI=1S/C21H24N2O3/c1-12-8-15-17(10-21(2,3)11-18(15)26-12)23-20(25)14-4-6-16-13(9-14)5-7-19(24)22-16/h4,6,8-9,17H,5,7,10-11H2,1-3H3,(H,22,24)(H,23,25)/t17-/m0/s1. The van der Waals surface area contributed by atoms with Gasteiger partial charge in [-0.1, -0.05) is 13.8 Å². The molecular formula is C21H24N2O3. The number of carbonyl (C=O) groups excluding carboxylic acids is 2. The third-order valence-corrected chi connectivity index (χ3v) is 5.30. The third-order valence-electron chi connectivity index (χ3n) is 5.30. The van der Waals surface area contributed by atoms with Crippen molar-refractivity contribution in [1.82, 2.24) is 5.32 Å². The minimum atomic E-state index is -0.0859. The van der Waals surface area contributed by atoms with E-state index in [0.29, 0.717) is 18.4 Å². The summed E-state index contributed by atoms with van der Waals surface area (Å²) in [4.78, 5) is 24.3. The molecule has 0 fully saturated rings. The van der Waals surface area contributed by atoms with Gasteiger partial charge in [-0.3, -0.25) is 9.59 Å². The van der Waals surface area contributed by atoms with Crippen molar-refractivity contribution in [3.63, 3.8) is 0 Å². The number of hydrogen-bond acceptors (Lipinski definition) is 3. The van der Waals surface area contributed by atoms with E-state index in [9.17, 15) is 9.59 Å². The summed E-state index contributed by atoms with van der Waals surface area (Å²) in [7, 11) is 0. The first-order valence-electron chi connectivity index (χ1n) is 9.14. The van der Waals surface area contributed by atoms with Crippen molar-refractivity contribution in [1.29, 1.82) is 0 Å². The van der Waals surface area contributed by atoms with Crippen LogP contribution in [0.2, 0.25) is 0 Å². The van der Waals surface area contributed by atoms with E-state index in [1.54, 1.807) is 6.07 Å².